The van der Waals surface area contributed by atoms with Crippen LogP contribution in [0.3, 0.4) is 0 Å². The number of hydrogen-bond donors (Lipinski definition) is 2. The minimum absolute atomic E-state index is 0.792. The van der Waals surface area contributed by atoms with Gasteiger partial charge in [0.05, 0.1) is 0 Å². The molecule has 0 aliphatic rings. The molecule has 0 bridgehead atoms. The number of hydrogen-bond acceptors (Lipinski definition) is 2. The summed E-state index contributed by atoms with van der Waals surface area (Å²) in [5.74, 6) is 1.59. The summed E-state index contributed by atoms with van der Waals surface area (Å²) in [5.41, 5.74) is 0. The average Bonchev–Trinajstić information content (AvgIpc) is 2.22. The van der Waals surface area contributed by atoms with Crippen LogP contribution < -0.4 is 10.6 Å². The predicted octanol–water partition coefficient (Wildman–Crippen LogP) is 3.28. The molecule has 0 aromatic carbocycles. The van der Waals surface area contributed by atoms with Crippen molar-refractivity contribution in [2.24, 2.45) is 11.8 Å². The molecule has 0 atom stereocenters. The van der Waals surface area contributed by atoms with Crippen molar-refractivity contribution >= 4 is 0 Å². The Bertz CT molecular complexity index is 111. The zero-order chi connectivity index (χ0) is 12.8. The summed E-state index contributed by atoms with van der Waals surface area (Å²) < 4.78 is 0. The monoisotopic (exact) mass is 230 g/mol. The van der Waals surface area contributed by atoms with E-state index in [0.717, 1.165) is 24.9 Å². The van der Waals surface area contributed by atoms with E-state index < -0.39 is 0 Å². The second-order valence-corrected chi connectivity index (χ2v) is 5.15. The van der Waals surface area contributed by atoms with E-state index in [2.05, 4.69) is 52.2 Å². The van der Waals surface area contributed by atoms with Crippen molar-refractivity contribution in [3.8, 4) is 0 Å². The molecule has 0 amide bonds. The van der Waals surface area contributed by atoms with E-state index in [0.29, 0.717) is 0 Å². The molecule has 0 unspecified atom stereocenters. The van der Waals surface area contributed by atoms with Gasteiger partial charge in [0.25, 0.3) is 0 Å². The van der Waals surface area contributed by atoms with Gasteiger partial charge in [0, 0.05) is 0 Å². The summed E-state index contributed by atoms with van der Waals surface area (Å²) in [7, 11) is 0. The Balaban J connectivity index is 0. The molecule has 0 fully saturated rings. The Labute approximate surface area is 104 Å². The fraction of sp³-hybridized carbons (Fsp3) is 1.00. The molecule has 0 aliphatic carbocycles. The minimum atomic E-state index is 0.792. The average molecular weight is 230 g/mol. The molecule has 0 rings (SSSR count). The summed E-state index contributed by atoms with van der Waals surface area (Å²) in [6, 6.07) is 0. The molecule has 0 saturated carbocycles. The highest BCUT2D eigenvalue weighted by molar-refractivity contribution is 4.49. The maximum atomic E-state index is 3.39. The zero-order valence-electron chi connectivity index (χ0n) is 12.4. The third kappa shape index (κ3) is 23.6. The SMILES string of the molecule is CCCCNCC(C)C.CCNCC(C)C. The summed E-state index contributed by atoms with van der Waals surface area (Å²) in [4.78, 5) is 0. The van der Waals surface area contributed by atoms with Crippen molar-refractivity contribution in [3.05, 3.63) is 0 Å². The molecule has 0 aliphatic heterocycles. The van der Waals surface area contributed by atoms with Gasteiger partial charge in [-0.25, -0.2) is 0 Å². The normalized spacial score (nSPS) is 10.5. The second kappa shape index (κ2) is 14.9. The van der Waals surface area contributed by atoms with Gasteiger partial charge in [0.15, 0.2) is 0 Å². The van der Waals surface area contributed by atoms with Crippen LogP contribution in [-0.2, 0) is 0 Å². The van der Waals surface area contributed by atoms with Gasteiger partial charge in [0.1, 0.15) is 0 Å². The highest BCUT2D eigenvalue weighted by Crippen LogP contribution is 1.88. The molecular weight excluding hydrogens is 196 g/mol. The van der Waals surface area contributed by atoms with Crippen LogP contribution >= 0.6 is 0 Å². The summed E-state index contributed by atoms with van der Waals surface area (Å²) in [5, 5.41) is 6.63. The first-order valence-electron chi connectivity index (χ1n) is 6.95. The van der Waals surface area contributed by atoms with Crippen molar-refractivity contribution in [1.29, 1.82) is 0 Å². The van der Waals surface area contributed by atoms with Crippen LogP contribution in [0.5, 0.6) is 0 Å². The fourth-order valence-corrected chi connectivity index (χ4v) is 1.13. The van der Waals surface area contributed by atoms with Gasteiger partial charge in [-0.3, -0.25) is 0 Å². The van der Waals surface area contributed by atoms with E-state index >= 15 is 0 Å². The van der Waals surface area contributed by atoms with E-state index in [1.165, 1.54) is 25.9 Å². The Morgan fingerprint density at radius 2 is 1.31 bits per heavy atom. The topological polar surface area (TPSA) is 24.1 Å². The van der Waals surface area contributed by atoms with Gasteiger partial charge in [-0.15, -0.1) is 0 Å². The molecular formula is C14H34N2. The van der Waals surface area contributed by atoms with Crippen LogP contribution in [0.25, 0.3) is 0 Å². The molecule has 100 valence electrons. The third-order valence-electron chi connectivity index (χ3n) is 2.06. The van der Waals surface area contributed by atoms with Crippen LogP contribution in [0.4, 0.5) is 0 Å². The van der Waals surface area contributed by atoms with E-state index in [-0.39, 0.29) is 0 Å². The predicted molar refractivity (Wildman–Crippen MR) is 76.0 cm³/mol. The first-order valence-corrected chi connectivity index (χ1v) is 6.95. The Morgan fingerprint density at radius 3 is 1.62 bits per heavy atom. The smallest absolute Gasteiger partial charge is 0.00258 e. The number of rotatable bonds is 8. The van der Waals surface area contributed by atoms with Gasteiger partial charge in [0.2, 0.25) is 0 Å². The van der Waals surface area contributed by atoms with Gasteiger partial charge in [-0.05, 0) is 44.4 Å². The highest BCUT2D eigenvalue weighted by atomic mass is 14.8. The lowest BCUT2D eigenvalue weighted by Crippen LogP contribution is -2.20. The van der Waals surface area contributed by atoms with Crippen molar-refractivity contribution in [3.63, 3.8) is 0 Å². The van der Waals surface area contributed by atoms with Crippen molar-refractivity contribution in [1.82, 2.24) is 10.6 Å². The van der Waals surface area contributed by atoms with Crippen LogP contribution in [0.1, 0.15) is 54.4 Å². The van der Waals surface area contributed by atoms with Crippen LogP contribution in [0.15, 0.2) is 0 Å². The molecule has 2 heteroatoms. The van der Waals surface area contributed by atoms with Gasteiger partial charge in [-0.1, -0.05) is 48.0 Å². The molecule has 0 radical (unpaired) electrons. The first-order chi connectivity index (χ1) is 7.54. The quantitative estimate of drug-likeness (QED) is 0.625. The summed E-state index contributed by atoms with van der Waals surface area (Å²) in [6.07, 6.45) is 2.61. The first kappa shape index (κ1) is 18.3. The second-order valence-electron chi connectivity index (χ2n) is 5.15. The highest BCUT2D eigenvalue weighted by Gasteiger charge is 1.90. The van der Waals surface area contributed by atoms with E-state index in [9.17, 15) is 0 Å². The van der Waals surface area contributed by atoms with E-state index in [1.807, 2.05) is 0 Å². The largest absolute Gasteiger partial charge is 0.317 e. The van der Waals surface area contributed by atoms with Crippen molar-refractivity contribution < 1.29 is 0 Å². The number of nitrogens with one attached hydrogen (secondary N) is 2. The van der Waals surface area contributed by atoms with E-state index in [1.54, 1.807) is 0 Å². The molecule has 0 spiro atoms. The molecule has 0 aromatic rings. The molecule has 0 aromatic heterocycles. The molecule has 0 heterocycles. The summed E-state index contributed by atoms with van der Waals surface area (Å²) in [6.45, 7) is 17.8. The van der Waals surface area contributed by atoms with Crippen molar-refractivity contribution in [2.75, 3.05) is 26.2 Å². The van der Waals surface area contributed by atoms with Gasteiger partial charge < -0.3 is 10.6 Å². The van der Waals surface area contributed by atoms with Crippen LogP contribution in [0, 0.1) is 11.8 Å². The molecule has 2 N–H and O–H groups in total. The molecule has 0 saturated heterocycles. The van der Waals surface area contributed by atoms with Crippen LogP contribution in [-0.4, -0.2) is 26.2 Å². The van der Waals surface area contributed by atoms with Crippen LogP contribution in [0.2, 0.25) is 0 Å². The standard InChI is InChI=1S/C8H19N.C6H15N/c1-4-5-6-9-7-8(2)3;1-4-7-5-6(2)3/h8-9H,4-7H2,1-3H3;6-7H,4-5H2,1-3H3. The van der Waals surface area contributed by atoms with Crippen molar-refractivity contribution in [2.45, 2.75) is 54.4 Å². The number of unbranched alkanes of at least 4 members (excludes halogenated alkanes) is 1. The molecule has 2 nitrogen and oxygen atoms in total. The van der Waals surface area contributed by atoms with Gasteiger partial charge >= 0.3 is 0 Å². The van der Waals surface area contributed by atoms with E-state index in [4.69, 9.17) is 0 Å². The maximum Gasteiger partial charge on any atom is -0.00258 e. The lowest BCUT2D eigenvalue weighted by Gasteiger charge is -2.05. The Kier molecular flexibility index (Phi) is 17.1. The summed E-state index contributed by atoms with van der Waals surface area (Å²) >= 11 is 0. The minimum Gasteiger partial charge on any atom is -0.317 e. The molecule has 16 heavy (non-hydrogen) atoms. The maximum absolute atomic E-state index is 3.39. The van der Waals surface area contributed by atoms with Gasteiger partial charge in [-0.2, -0.15) is 0 Å². The lowest BCUT2D eigenvalue weighted by molar-refractivity contribution is 0.540. The Morgan fingerprint density at radius 1 is 0.812 bits per heavy atom. The lowest BCUT2D eigenvalue weighted by atomic mass is 10.2. The third-order valence-corrected chi connectivity index (χ3v) is 2.06. The zero-order valence-corrected chi connectivity index (χ0v) is 12.4. The fourth-order valence-electron chi connectivity index (χ4n) is 1.13. The Hall–Kier alpha value is -0.0800.